The lowest BCUT2D eigenvalue weighted by Crippen LogP contribution is -2.12. The lowest BCUT2D eigenvalue weighted by atomic mass is 10.1. The van der Waals surface area contributed by atoms with Crippen LogP contribution in [0.25, 0.3) is 11.4 Å². The maximum absolute atomic E-state index is 12.2. The van der Waals surface area contributed by atoms with Crippen LogP contribution in [0.1, 0.15) is 36.2 Å². The molecule has 1 heterocycles. The van der Waals surface area contributed by atoms with Gasteiger partial charge in [-0.25, -0.2) is 0 Å². The summed E-state index contributed by atoms with van der Waals surface area (Å²) in [5, 5.41) is 12.3. The largest absolute Gasteiger partial charge is 0.326 e. The van der Waals surface area contributed by atoms with Crippen molar-refractivity contribution in [3.63, 3.8) is 0 Å². The van der Waals surface area contributed by atoms with E-state index in [2.05, 4.69) is 46.1 Å². The van der Waals surface area contributed by atoms with Crippen LogP contribution in [0.3, 0.4) is 0 Å². The van der Waals surface area contributed by atoms with Crippen molar-refractivity contribution in [1.29, 1.82) is 0 Å². The quantitative estimate of drug-likeness (QED) is 0.435. The van der Waals surface area contributed by atoms with Gasteiger partial charge in [0.1, 0.15) is 0 Å². The van der Waals surface area contributed by atoms with Crippen molar-refractivity contribution in [1.82, 2.24) is 14.8 Å². The van der Waals surface area contributed by atoms with Gasteiger partial charge in [-0.05, 0) is 51.1 Å². The molecular formula is C22H24N4O2S. The number of rotatable bonds is 8. The number of hydrogen-bond acceptors (Lipinski definition) is 5. The number of carbonyl (C=O) groups excluding carboxylic acids is 2. The summed E-state index contributed by atoms with van der Waals surface area (Å²) in [5.74, 6) is 1.37. The Morgan fingerprint density at radius 2 is 1.86 bits per heavy atom. The summed E-state index contributed by atoms with van der Waals surface area (Å²) in [6.07, 6.45) is 0.357. The molecule has 0 unspecified atom stereocenters. The van der Waals surface area contributed by atoms with Crippen LogP contribution >= 0.6 is 11.8 Å². The molecule has 3 rings (SSSR count). The van der Waals surface area contributed by atoms with Crippen molar-refractivity contribution < 1.29 is 9.59 Å². The van der Waals surface area contributed by atoms with Gasteiger partial charge in [0, 0.05) is 35.5 Å². The Balaban J connectivity index is 1.57. The Hall–Kier alpha value is -2.93. The fourth-order valence-corrected chi connectivity index (χ4v) is 3.87. The number of aromatic nitrogens is 3. The number of hydrogen-bond donors (Lipinski definition) is 1. The number of nitrogens with zero attached hydrogens (tertiary/aromatic N) is 3. The van der Waals surface area contributed by atoms with Crippen LogP contribution in [0.2, 0.25) is 0 Å². The predicted octanol–water partition coefficient (Wildman–Crippen LogP) is 4.60. The fourth-order valence-electron chi connectivity index (χ4n) is 2.93. The molecule has 29 heavy (non-hydrogen) atoms. The van der Waals surface area contributed by atoms with E-state index in [0.29, 0.717) is 23.4 Å². The van der Waals surface area contributed by atoms with E-state index in [0.717, 1.165) is 23.1 Å². The van der Waals surface area contributed by atoms with E-state index < -0.39 is 0 Å². The van der Waals surface area contributed by atoms with Gasteiger partial charge in [-0.3, -0.25) is 9.59 Å². The van der Waals surface area contributed by atoms with Gasteiger partial charge in [-0.15, -0.1) is 10.2 Å². The van der Waals surface area contributed by atoms with E-state index >= 15 is 0 Å². The van der Waals surface area contributed by atoms with Crippen molar-refractivity contribution in [3.05, 3.63) is 59.7 Å². The minimum Gasteiger partial charge on any atom is -0.326 e. The number of amides is 1. The zero-order chi connectivity index (χ0) is 20.8. The van der Waals surface area contributed by atoms with Crippen molar-refractivity contribution >= 4 is 29.1 Å². The Morgan fingerprint density at radius 3 is 2.52 bits per heavy atom. The topological polar surface area (TPSA) is 76.9 Å². The molecule has 6 nitrogen and oxygen atoms in total. The number of carbonyl (C=O) groups is 2. The predicted molar refractivity (Wildman–Crippen MR) is 116 cm³/mol. The van der Waals surface area contributed by atoms with Gasteiger partial charge >= 0.3 is 0 Å². The molecule has 1 aromatic heterocycles. The van der Waals surface area contributed by atoms with E-state index in [9.17, 15) is 9.59 Å². The minimum absolute atomic E-state index is 0.00402. The molecule has 150 valence electrons. The van der Waals surface area contributed by atoms with E-state index in [1.807, 2.05) is 12.1 Å². The van der Waals surface area contributed by atoms with Gasteiger partial charge in [0.25, 0.3) is 0 Å². The third-order valence-electron chi connectivity index (χ3n) is 4.44. The number of nitrogens with one attached hydrogen (secondary N) is 1. The summed E-state index contributed by atoms with van der Waals surface area (Å²) < 4.78 is 2.07. The number of ketones is 1. The number of benzene rings is 2. The molecule has 0 aliphatic rings. The molecule has 3 aromatic rings. The first kappa shape index (κ1) is 20.8. The lowest BCUT2D eigenvalue weighted by Gasteiger charge is -2.08. The molecule has 0 saturated heterocycles. The van der Waals surface area contributed by atoms with Crippen LogP contribution in [0.5, 0.6) is 0 Å². The third-order valence-corrected chi connectivity index (χ3v) is 5.41. The molecule has 2 aromatic carbocycles. The zero-order valence-electron chi connectivity index (χ0n) is 16.8. The number of aryl methyl sites for hydroxylation is 1. The SMILES string of the molecule is CCn1c(SCCC(=O)Nc2ccc(C(C)=O)cc2)nnc1-c1cccc(C)c1. The second-order valence-electron chi connectivity index (χ2n) is 6.70. The molecule has 0 spiro atoms. The molecule has 1 amide bonds. The molecule has 0 radical (unpaired) electrons. The van der Waals surface area contributed by atoms with Gasteiger partial charge in [0.05, 0.1) is 0 Å². The molecule has 0 saturated carbocycles. The first-order chi connectivity index (χ1) is 14.0. The Labute approximate surface area is 174 Å². The molecule has 7 heteroatoms. The van der Waals surface area contributed by atoms with Crippen LogP contribution < -0.4 is 5.32 Å². The van der Waals surface area contributed by atoms with E-state index in [1.165, 1.54) is 24.2 Å². The van der Waals surface area contributed by atoms with E-state index in [4.69, 9.17) is 0 Å². The summed E-state index contributed by atoms with van der Waals surface area (Å²) >= 11 is 1.52. The minimum atomic E-state index is -0.0745. The van der Waals surface area contributed by atoms with Gasteiger partial charge < -0.3 is 9.88 Å². The molecule has 0 atom stereocenters. The van der Waals surface area contributed by atoms with Crippen LogP contribution in [0.15, 0.2) is 53.7 Å². The molecule has 1 N–H and O–H groups in total. The maximum Gasteiger partial charge on any atom is 0.225 e. The summed E-state index contributed by atoms with van der Waals surface area (Å²) in [7, 11) is 0. The van der Waals surface area contributed by atoms with E-state index in [1.54, 1.807) is 24.3 Å². The number of anilines is 1. The fraction of sp³-hybridized carbons (Fsp3) is 0.273. The van der Waals surface area contributed by atoms with Crippen LogP contribution in [-0.4, -0.2) is 32.2 Å². The second kappa shape index (κ2) is 9.52. The maximum atomic E-state index is 12.2. The number of thioether (sulfide) groups is 1. The van der Waals surface area contributed by atoms with Crippen molar-refractivity contribution in [2.24, 2.45) is 0 Å². The number of Topliss-reactive ketones (excluding diaryl/α,β-unsaturated/α-hetero) is 1. The van der Waals surface area contributed by atoms with Crippen LogP contribution in [0.4, 0.5) is 5.69 Å². The summed E-state index contributed by atoms with van der Waals surface area (Å²) in [4.78, 5) is 23.5. The first-order valence-electron chi connectivity index (χ1n) is 9.52. The zero-order valence-corrected chi connectivity index (χ0v) is 17.6. The van der Waals surface area contributed by atoms with Gasteiger partial charge in [-0.1, -0.05) is 35.5 Å². The van der Waals surface area contributed by atoms with Crippen molar-refractivity contribution in [2.75, 3.05) is 11.1 Å². The van der Waals surface area contributed by atoms with Gasteiger partial charge in [-0.2, -0.15) is 0 Å². The first-order valence-corrected chi connectivity index (χ1v) is 10.5. The van der Waals surface area contributed by atoms with Crippen LogP contribution in [0, 0.1) is 6.92 Å². The highest BCUT2D eigenvalue weighted by Crippen LogP contribution is 2.25. The smallest absolute Gasteiger partial charge is 0.225 e. The molecule has 0 aliphatic carbocycles. The highest BCUT2D eigenvalue weighted by atomic mass is 32.2. The Kier molecular flexibility index (Phi) is 6.82. The summed E-state index contributed by atoms with van der Waals surface area (Å²) in [6, 6.07) is 15.1. The Morgan fingerprint density at radius 1 is 1.10 bits per heavy atom. The van der Waals surface area contributed by atoms with Crippen molar-refractivity contribution in [2.45, 2.75) is 38.9 Å². The van der Waals surface area contributed by atoms with Gasteiger partial charge in [0.15, 0.2) is 16.8 Å². The Bertz CT molecular complexity index is 1010. The summed E-state index contributed by atoms with van der Waals surface area (Å²) in [6.45, 7) is 6.39. The monoisotopic (exact) mass is 408 g/mol. The lowest BCUT2D eigenvalue weighted by molar-refractivity contribution is -0.115. The second-order valence-corrected chi connectivity index (χ2v) is 7.76. The molecule has 0 bridgehead atoms. The highest BCUT2D eigenvalue weighted by molar-refractivity contribution is 7.99. The molecular weight excluding hydrogens is 384 g/mol. The molecule has 0 aliphatic heterocycles. The highest BCUT2D eigenvalue weighted by Gasteiger charge is 2.14. The average molecular weight is 409 g/mol. The average Bonchev–Trinajstić information content (AvgIpc) is 3.11. The van der Waals surface area contributed by atoms with E-state index in [-0.39, 0.29) is 11.7 Å². The van der Waals surface area contributed by atoms with Gasteiger partial charge in [0.2, 0.25) is 5.91 Å². The summed E-state index contributed by atoms with van der Waals surface area (Å²) in [5.41, 5.74) is 3.53. The van der Waals surface area contributed by atoms with Crippen LogP contribution in [-0.2, 0) is 11.3 Å². The standard InChI is InChI=1S/C22H24N4O2S/c1-4-26-21(18-7-5-6-15(2)14-18)24-25-22(26)29-13-12-20(28)23-19-10-8-17(9-11-19)16(3)27/h5-11,14H,4,12-13H2,1-3H3,(H,23,28). The molecule has 0 fully saturated rings. The normalized spacial score (nSPS) is 10.7. The van der Waals surface area contributed by atoms with Crippen molar-refractivity contribution in [3.8, 4) is 11.4 Å². The third kappa shape index (κ3) is 5.32.